The van der Waals surface area contributed by atoms with Crippen LogP contribution in [0.1, 0.15) is 17.3 Å². The molecular weight excluding hydrogens is 322 g/mol. The first-order chi connectivity index (χ1) is 8.09. The largest absolute Gasteiger partial charge is 0.333 e. The van der Waals surface area contributed by atoms with Gasteiger partial charge in [-0.25, -0.2) is 4.39 Å². The SMILES string of the molecule is C[C@@H]1CNCCN1C(=O)c1ccc(Br)cc1F.Cl. The predicted molar refractivity (Wildman–Crippen MR) is 74.7 cm³/mol. The number of amides is 1. The molecule has 0 unspecified atom stereocenters. The molecule has 0 saturated carbocycles. The van der Waals surface area contributed by atoms with Gasteiger partial charge in [0.2, 0.25) is 0 Å². The number of nitrogens with one attached hydrogen (secondary N) is 1. The van der Waals surface area contributed by atoms with E-state index in [0.717, 1.165) is 13.1 Å². The van der Waals surface area contributed by atoms with Crippen LogP contribution in [0.4, 0.5) is 4.39 Å². The summed E-state index contributed by atoms with van der Waals surface area (Å²) in [6, 6.07) is 4.62. The van der Waals surface area contributed by atoms with Crippen molar-refractivity contribution in [2.24, 2.45) is 0 Å². The van der Waals surface area contributed by atoms with Crippen LogP contribution in [-0.4, -0.2) is 36.5 Å². The summed E-state index contributed by atoms with van der Waals surface area (Å²) in [7, 11) is 0. The molecule has 1 fully saturated rings. The lowest BCUT2D eigenvalue weighted by atomic mass is 10.1. The van der Waals surface area contributed by atoms with E-state index >= 15 is 0 Å². The number of hydrogen-bond donors (Lipinski definition) is 1. The number of halogens is 3. The van der Waals surface area contributed by atoms with Crippen LogP contribution in [-0.2, 0) is 0 Å². The van der Waals surface area contributed by atoms with E-state index < -0.39 is 5.82 Å². The Balaban J connectivity index is 0.00000162. The molecule has 1 saturated heterocycles. The fourth-order valence-corrected chi connectivity index (χ4v) is 2.29. The molecule has 1 aliphatic rings. The van der Waals surface area contributed by atoms with Crippen LogP contribution in [0.15, 0.2) is 22.7 Å². The minimum absolute atomic E-state index is 0. The standard InChI is InChI=1S/C12H14BrFN2O.ClH/c1-8-7-15-4-5-16(8)12(17)10-3-2-9(13)6-11(10)14;/h2-3,6,8,15H,4-5,7H2,1H3;1H/t8-;/m1./s1. The average Bonchev–Trinajstić information content (AvgIpc) is 2.29. The summed E-state index contributed by atoms with van der Waals surface area (Å²) in [5.41, 5.74) is 0.141. The maximum absolute atomic E-state index is 13.7. The second-order valence-corrected chi connectivity index (χ2v) is 5.09. The molecule has 1 atom stereocenters. The Labute approximate surface area is 120 Å². The molecule has 0 bridgehead atoms. The van der Waals surface area contributed by atoms with Crippen molar-refractivity contribution in [3.05, 3.63) is 34.1 Å². The van der Waals surface area contributed by atoms with E-state index in [1.807, 2.05) is 6.92 Å². The molecule has 1 aromatic rings. The molecule has 3 nitrogen and oxygen atoms in total. The molecule has 0 spiro atoms. The summed E-state index contributed by atoms with van der Waals surface area (Å²) < 4.78 is 14.3. The number of nitrogens with zero attached hydrogens (tertiary/aromatic N) is 1. The van der Waals surface area contributed by atoms with E-state index in [9.17, 15) is 9.18 Å². The van der Waals surface area contributed by atoms with Gasteiger partial charge in [0.25, 0.3) is 5.91 Å². The summed E-state index contributed by atoms with van der Waals surface area (Å²) in [6.07, 6.45) is 0. The van der Waals surface area contributed by atoms with E-state index in [1.54, 1.807) is 11.0 Å². The van der Waals surface area contributed by atoms with E-state index in [4.69, 9.17) is 0 Å². The van der Waals surface area contributed by atoms with E-state index in [-0.39, 0.29) is 29.9 Å². The van der Waals surface area contributed by atoms with Crippen molar-refractivity contribution in [2.45, 2.75) is 13.0 Å². The maximum Gasteiger partial charge on any atom is 0.257 e. The molecule has 1 aliphatic heterocycles. The van der Waals surface area contributed by atoms with Crippen LogP contribution in [0.3, 0.4) is 0 Å². The molecule has 2 rings (SSSR count). The Kier molecular flexibility index (Phi) is 5.56. The smallest absolute Gasteiger partial charge is 0.257 e. The zero-order chi connectivity index (χ0) is 12.4. The predicted octanol–water partition coefficient (Wildman–Crippen LogP) is 2.44. The van der Waals surface area contributed by atoms with Gasteiger partial charge >= 0.3 is 0 Å². The molecule has 1 heterocycles. The summed E-state index contributed by atoms with van der Waals surface area (Å²) in [5, 5.41) is 3.20. The molecule has 0 radical (unpaired) electrons. The van der Waals surface area contributed by atoms with Gasteiger partial charge < -0.3 is 10.2 Å². The zero-order valence-electron chi connectivity index (χ0n) is 9.95. The van der Waals surface area contributed by atoms with Gasteiger partial charge in [0, 0.05) is 30.1 Å². The first-order valence-corrected chi connectivity index (χ1v) is 6.35. The van der Waals surface area contributed by atoms with Gasteiger partial charge in [-0.15, -0.1) is 12.4 Å². The van der Waals surface area contributed by atoms with E-state index in [1.165, 1.54) is 12.1 Å². The Hall–Kier alpha value is -0.650. The summed E-state index contributed by atoms with van der Waals surface area (Å²) in [4.78, 5) is 13.9. The van der Waals surface area contributed by atoms with Crippen LogP contribution in [0.5, 0.6) is 0 Å². The number of rotatable bonds is 1. The molecule has 18 heavy (non-hydrogen) atoms. The van der Waals surface area contributed by atoms with Gasteiger partial charge in [-0.05, 0) is 25.1 Å². The minimum Gasteiger partial charge on any atom is -0.333 e. The Morgan fingerprint density at radius 3 is 2.89 bits per heavy atom. The van der Waals surface area contributed by atoms with Crippen molar-refractivity contribution in [3.8, 4) is 0 Å². The van der Waals surface area contributed by atoms with Crippen LogP contribution in [0.25, 0.3) is 0 Å². The second kappa shape index (κ2) is 6.50. The van der Waals surface area contributed by atoms with Crippen molar-refractivity contribution < 1.29 is 9.18 Å². The monoisotopic (exact) mass is 336 g/mol. The molecular formula is C12H15BrClFN2O. The van der Waals surface area contributed by atoms with Gasteiger partial charge in [0.15, 0.2) is 0 Å². The first-order valence-electron chi connectivity index (χ1n) is 5.56. The lowest BCUT2D eigenvalue weighted by molar-refractivity contribution is 0.0651. The Bertz CT molecular complexity index is 444. The second-order valence-electron chi connectivity index (χ2n) is 4.18. The number of carbonyl (C=O) groups is 1. The normalized spacial score (nSPS) is 19.3. The first kappa shape index (κ1) is 15.4. The molecule has 0 aromatic heterocycles. The van der Waals surface area contributed by atoms with E-state index in [0.29, 0.717) is 11.0 Å². The molecule has 1 aromatic carbocycles. The van der Waals surface area contributed by atoms with Gasteiger partial charge in [-0.2, -0.15) is 0 Å². The van der Waals surface area contributed by atoms with Gasteiger partial charge in [-0.3, -0.25) is 4.79 Å². The van der Waals surface area contributed by atoms with Crippen molar-refractivity contribution in [2.75, 3.05) is 19.6 Å². The Morgan fingerprint density at radius 1 is 1.56 bits per heavy atom. The van der Waals surface area contributed by atoms with Gasteiger partial charge in [0.05, 0.1) is 5.56 Å². The van der Waals surface area contributed by atoms with Crippen LogP contribution in [0, 0.1) is 5.82 Å². The lowest BCUT2D eigenvalue weighted by Crippen LogP contribution is -2.52. The molecule has 100 valence electrons. The minimum atomic E-state index is -0.477. The quantitative estimate of drug-likeness (QED) is 0.854. The molecule has 1 amide bonds. The van der Waals surface area contributed by atoms with Crippen molar-refractivity contribution in [3.63, 3.8) is 0 Å². The third kappa shape index (κ3) is 3.22. The topological polar surface area (TPSA) is 32.3 Å². The maximum atomic E-state index is 13.7. The molecule has 1 N–H and O–H groups in total. The van der Waals surface area contributed by atoms with Gasteiger partial charge in [0.1, 0.15) is 5.82 Å². The fourth-order valence-electron chi connectivity index (χ4n) is 1.96. The van der Waals surface area contributed by atoms with E-state index in [2.05, 4.69) is 21.2 Å². The number of benzene rings is 1. The third-order valence-electron chi connectivity index (χ3n) is 2.92. The Morgan fingerprint density at radius 2 is 2.28 bits per heavy atom. The molecule has 6 heteroatoms. The number of carbonyl (C=O) groups excluding carboxylic acids is 1. The average molecular weight is 338 g/mol. The number of hydrogen-bond acceptors (Lipinski definition) is 2. The van der Waals surface area contributed by atoms with Crippen LogP contribution in [0.2, 0.25) is 0 Å². The zero-order valence-corrected chi connectivity index (χ0v) is 12.4. The van der Waals surface area contributed by atoms with Crippen molar-refractivity contribution in [1.29, 1.82) is 0 Å². The highest BCUT2D eigenvalue weighted by Gasteiger charge is 2.25. The molecule has 0 aliphatic carbocycles. The van der Waals surface area contributed by atoms with Crippen LogP contribution < -0.4 is 5.32 Å². The highest BCUT2D eigenvalue weighted by Crippen LogP contribution is 2.18. The highest BCUT2D eigenvalue weighted by molar-refractivity contribution is 9.10. The van der Waals surface area contributed by atoms with Crippen molar-refractivity contribution >= 4 is 34.2 Å². The summed E-state index contributed by atoms with van der Waals surface area (Å²) in [6.45, 7) is 4.09. The highest BCUT2D eigenvalue weighted by atomic mass is 79.9. The summed E-state index contributed by atoms with van der Waals surface area (Å²) in [5.74, 6) is -0.709. The fraction of sp³-hybridized carbons (Fsp3) is 0.417. The summed E-state index contributed by atoms with van der Waals surface area (Å²) >= 11 is 3.18. The van der Waals surface area contributed by atoms with Crippen LogP contribution >= 0.6 is 28.3 Å². The van der Waals surface area contributed by atoms with Crippen molar-refractivity contribution in [1.82, 2.24) is 10.2 Å². The van der Waals surface area contributed by atoms with Gasteiger partial charge in [-0.1, -0.05) is 15.9 Å². The third-order valence-corrected chi connectivity index (χ3v) is 3.42. The number of piperazine rings is 1. The lowest BCUT2D eigenvalue weighted by Gasteiger charge is -2.34.